The van der Waals surface area contributed by atoms with Gasteiger partial charge < -0.3 is 9.51 Å². The molecule has 0 saturated carbocycles. The third-order valence-electron chi connectivity index (χ3n) is 5.35. The number of aromatic carboxylic acids is 1. The fourth-order valence-corrected chi connectivity index (χ4v) is 5.27. The van der Waals surface area contributed by atoms with Crippen LogP contribution in [-0.4, -0.2) is 20.5 Å². The summed E-state index contributed by atoms with van der Waals surface area (Å²) < 4.78 is 2.02. The van der Waals surface area contributed by atoms with Crippen molar-refractivity contribution in [3.63, 3.8) is 0 Å². The second-order valence-electron chi connectivity index (χ2n) is 8.01. The average Bonchev–Trinajstić information content (AvgIpc) is 3.15. The molecule has 3 aromatic rings. The number of hydrogen-bond donors (Lipinski definition) is 1. The van der Waals surface area contributed by atoms with Crippen molar-refractivity contribution >= 4 is 22.8 Å². The van der Waals surface area contributed by atoms with E-state index < -0.39 is 5.97 Å². The summed E-state index contributed by atoms with van der Waals surface area (Å²) in [6.07, 6.45) is 8.80. The zero-order valence-electron chi connectivity index (χ0n) is 15.5. The maximum absolute atomic E-state index is 12.1. The molecule has 0 radical (unpaired) electrons. The molecule has 0 fully saturated rings. The zero-order chi connectivity index (χ0) is 18.5. The molecule has 0 spiro atoms. The summed E-state index contributed by atoms with van der Waals surface area (Å²) in [5.74, 6) is -0.812. The number of rotatable bonds is 4. The van der Waals surface area contributed by atoms with E-state index in [-0.39, 0.29) is 5.41 Å². The number of imidazole rings is 1. The summed E-state index contributed by atoms with van der Waals surface area (Å²) in [7, 11) is 0. The third-order valence-corrected chi connectivity index (χ3v) is 6.69. The molecule has 26 heavy (non-hydrogen) atoms. The van der Waals surface area contributed by atoms with E-state index in [0.29, 0.717) is 5.56 Å². The van der Waals surface area contributed by atoms with Gasteiger partial charge in [-0.05, 0) is 48.8 Å². The van der Waals surface area contributed by atoms with Crippen LogP contribution in [-0.2, 0) is 19.3 Å². The van der Waals surface area contributed by atoms with Crippen molar-refractivity contribution in [2.45, 2.75) is 52.9 Å². The molecule has 0 bridgehead atoms. The van der Waals surface area contributed by atoms with Crippen LogP contribution in [0.3, 0.4) is 0 Å². The van der Waals surface area contributed by atoms with Crippen LogP contribution >= 0.6 is 11.3 Å². The molecule has 0 atom stereocenters. The van der Waals surface area contributed by atoms with Crippen LogP contribution in [0.25, 0.3) is 16.0 Å². The molecule has 3 aromatic heterocycles. The van der Waals surface area contributed by atoms with E-state index in [2.05, 4.69) is 31.8 Å². The molecule has 0 unspecified atom stereocenters. The highest BCUT2D eigenvalue weighted by atomic mass is 32.1. The minimum absolute atomic E-state index is 0.166. The number of hydrogen-bond acceptors (Lipinski definition) is 3. The third kappa shape index (κ3) is 2.84. The topological polar surface area (TPSA) is 54.6 Å². The highest BCUT2D eigenvalue weighted by molar-refractivity contribution is 7.16. The Kier molecular flexibility index (Phi) is 4.14. The van der Waals surface area contributed by atoms with Crippen LogP contribution in [0.1, 0.15) is 60.1 Å². The van der Waals surface area contributed by atoms with E-state index in [0.717, 1.165) is 59.3 Å². The van der Waals surface area contributed by atoms with Crippen molar-refractivity contribution in [2.75, 3.05) is 0 Å². The van der Waals surface area contributed by atoms with Gasteiger partial charge in [0.25, 0.3) is 0 Å². The average molecular weight is 369 g/mol. The molecular weight excluding hydrogens is 344 g/mol. The van der Waals surface area contributed by atoms with Crippen LogP contribution in [0.4, 0.5) is 0 Å². The summed E-state index contributed by atoms with van der Waals surface area (Å²) in [4.78, 5) is 18.7. The molecule has 0 aliphatic heterocycles. The van der Waals surface area contributed by atoms with E-state index in [4.69, 9.17) is 0 Å². The molecule has 4 rings (SSSR count). The Morgan fingerprint density at radius 2 is 2.19 bits per heavy atom. The quantitative estimate of drug-likeness (QED) is 0.686. The maximum Gasteiger partial charge on any atom is 0.337 e. The summed E-state index contributed by atoms with van der Waals surface area (Å²) in [6.45, 7) is 6.60. The van der Waals surface area contributed by atoms with Gasteiger partial charge in [0.15, 0.2) is 0 Å². The van der Waals surface area contributed by atoms with Gasteiger partial charge >= 0.3 is 5.97 Å². The molecule has 1 aliphatic rings. The highest BCUT2D eigenvalue weighted by Gasteiger charge is 2.33. The van der Waals surface area contributed by atoms with Crippen LogP contribution in [0, 0.1) is 5.41 Å². The number of nitrogens with zero attached hydrogens (tertiary/aromatic N) is 2. The Morgan fingerprint density at radius 1 is 1.38 bits per heavy atom. The SMILES string of the molecule is CCCc1ncn2cc(-c3sc4c(c3C(=O)O)CC(C)(C)CC4)ccc12. The predicted molar refractivity (Wildman–Crippen MR) is 105 cm³/mol. The zero-order valence-corrected chi connectivity index (χ0v) is 16.3. The normalized spacial score (nSPS) is 16.0. The molecule has 0 aromatic carbocycles. The molecule has 5 heteroatoms. The molecule has 1 N–H and O–H groups in total. The van der Waals surface area contributed by atoms with Gasteiger partial charge in [-0.1, -0.05) is 27.2 Å². The van der Waals surface area contributed by atoms with Gasteiger partial charge in [0.1, 0.15) is 0 Å². The monoisotopic (exact) mass is 368 g/mol. The van der Waals surface area contributed by atoms with E-state index in [1.54, 1.807) is 11.3 Å². The van der Waals surface area contributed by atoms with Gasteiger partial charge in [-0.15, -0.1) is 11.3 Å². The fraction of sp³-hybridized carbons (Fsp3) is 0.429. The van der Waals surface area contributed by atoms with Crippen LogP contribution in [0.15, 0.2) is 24.7 Å². The van der Waals surface area contributed by atoms with E-state index >= 15 is 0 Å². The second-order valence-corrected chi connectivity index (χ2v) is 9.11. The number of pyridine rings is 1. The van der Waals surface area contributed by atoms with Gasteiger partial charge in [0.2, 0.25) is 0 Å². The number of aromatic nitrogens is 2. The molecule has 4 nitrogen and oxygen atoms in total. The first kappa shape index (κ1) is 17.3. The van der Waals surface area contributed by atoms with Crippen molar-refractivity contribution in [3.8, 4) is 10.4 Å². The largest absolute Gasteiger partial charge is 0.478 e. The Bertz CT molecular complexity index is 997. The van der Waals surface area contributed by atoms with Crippen molar-refractivity contribution in [1.29, 1.82) is 0 Å². The van der Waals surface area contributed by atoms with Crippen molar-refractivity contribution in [2.24, 2.45) is 5.41 Å². The van der Waals surface area contributed by atoms with Crippen molar-refractivity contribution in [3.05, 3.63) is 46.4 Å². The first-order chi connectivity index (χ1) is 12.4. The van der Waals surface area contributed by atoms with Crippen molar-refractivity contribution < 1.29 is 9.90 Å². The smallest absolute Gasteiger partial charge is 0.337 e. The number of carboxylic acids is 1. The van der Waals surface area contributed by atoms with E-state index in [1.165, 1.54) is 4.88 Å². The lowest BCUT2D eigenvalue weighted by molar-refractivity contribution is 0.0696. The van der Waals surface area contributed by atoms with Gasteiger partial charge in [0.05, 0.1) is 28.0 Å². The Hall–Kier alpha value is -2.14. The molecule has 0 amide bonds. The summed E-state index contributed by atoms with van der Waals surface area (Å²) in [5.41, 5.74) is 4.89. The van der Waals surface area contributed by atoms with Crippen LogP contribution in [0.2, 0.25) is 0 Å². The standard InChI is InChI=1S/C21H24N2O2S/c1-4-5-15-16-7-6-13(11-23(16)12-22-15)19-18(20(24)25)14-10-21(2,3)9-8-17(14)26-19/h6-7,11-12H,4-5,8-10H2,1-3H3,(H,24,25). The number of aryl methyl sites for hydroxylation is 2. The fourth-order valence-electron chi connectivity index (χ4n) is 3.97. The van der Waals surface area contributed by atoms with Gasteiger partial charge in [0, 0.05) is 16.6 Å². The first-order valence-corrected chi connectivity index (χ1v) is 10.0. The lowest BCUT2D eigenvalue weighted by Gasteiger charge is -2.29. The van der Waals surface area contributed by atoms with E-state index in [9.17, 15) is 9.90 Å². The van der Waals surface area contributed by atoms with Gasteiger partial charge in [-0.3, -0.25) is 0 Å². The molecule has 1 aliphatic carbocycles. The number of thiophene rings is 1. The summed E-state index contributed by atoms with van der Waals surface area (Å²) in [6, 6.07) is 4.12. The Morgan fingerprint density at radius 3 is 2.92 bits per heavy atom. The Labute approximate surface area is 157 Å². The van der Waals surface area contributed by atoms with E-state index in [1.807, 2.05) is 23.0 Å². The van der Waals surface area contributed by atoms with Crippen molar-refractivity contribution in [1.82, 2.24) is 9.38 Å². The van der Waals surface area contributed by atoms with Gasteiger partial charge in [-0.2, -0.15) is 0 Å². The minimum Gasteiger partial charge on any atom is -0.478 e. The lowest BCUT2D eigenvalue weighted by Crippen LogP contribution is -2.22. The second kappa shape index (κ2) is 6.23. The lowest BCUT2D eigenvalue weighted by atomic mass is 9.76. The van der Waals surface area contributed by atoms with Crippen LogP contribution in [0.5, 0.6) is 0 Å². The molecule has 136 valence electrons. The number of carbonyl (C=O) groups is 1. The molecule has 3 heterocycles. The predicted octanol–water partition coefficient (Wildman–Crippen LogP) is 5.23. The van der Waals surface area contributed by atoms with Gasteiger partial charge in [-0.25, -0.2) is 9.78 Å². The molecule has 0 saturated heterocycles. The summed E-state index contributed by atoms with van der Waals surface area (Å²) >= 11 is 1.66. The Balaban J connectivity index is 1.84. The number of carboxylic acid groups (broad SMARTS) is 1. The summed E-state index contributed by atoms with van der Waals surface area (Å²) in [5, 5.41) is 9.92. The highest BCUT2D eigenvalue weighted by Crippen LogP contribution is 2.45. The number of fused-ring (bicyclic) bond motifs is 2. The maximum atomic E-state index is 12.1. The minimum atomic E-state index is -0.812. The van der Waals surface area contributed by atoms with Crippen LogP contribution < -0.4 is 0 Å². The first-order valence-electron chi connectivity index (χ1n) is 9.23. The molecular formula is C21H24N2O2S.